The smallest absolute Gasteiger partial charge is 0.174 e. The highest BCUT2D eigenvalue weighted by molar-refractivity contribution is 9.10. The van der Waals surface area contributed by atoms with Gasteiger partial charge in [0.25, 0.3) is 0 Å². The molecule has 0 bridgehead atoms. The highest BCUT2D eigenvalue weighted by Crippen LogP contribution is 2.28. The molecule has 1 aromatic carbocycles. The van der Waals surface area contributed by atoms with Gasteiger partial charge in [-0.05, 0) is 40.5 Å². The summed E-state index contributed by atoms with van der Waals surface area (Å²) in [7, 11) is 0. The van der Waals surface area contributed by atoms with E-state index in [1.807, 2.05) is 19.1 Å². The van der Waals surface area contributed by atoms with Gasteiger partial charge in [-0.2, -0.15) is 0 Å². The summed E-state index contributed by atoms with van der Waals surface area (Å²) >= 11 is 12.3. The number of halogens is 3. The SMILES string of the molecule is Cc1cc(Cl)c(Br)c(C(=O)CBr)c1. The van der Waals surface area contributed by atoms with E-state index in [4.69, 9.17) is 11.6 Å². The second-order valence-electron chi connectivity index (χ2n) is 2.67. The van der Waals surface area contributed by atoms with Crippen LogP contribution in [0.4, 0.5) is 0 Å². The van der Waals surface area contributed by atoms with Gasteiger partial charge in [-0.1, -0.05) is 27.5 Å². The van der Waals surface area contributed by atoms with Crippen molar-refractivity contribution in [1.82, 2.24) is 0 Å². The molecular formula is C9H7Br2ClO. The molecule has 13 heavy (non-hydrogen) atoms. The first-order chi connectivity index (χ1) is 6.06. The van der Waals surface area contributed by atoms with Crippen LogP contribution in [0.25, 0.3) is 0 Å². The third-order valence-corrected chi connectivity index (χ3v) is 3.48. The minimum Gasteiger partial charge on any atom is -0.293 e. The van der Waals surface area contributed by atoms with E-state index < -0.39 is 0 Å². The van der Waals surface area contributed by atoms with Gasteiger partial charge in [-0.3, -0.25) is 4.79 Å². The van der Waals surface area contributed by atoms with Gasteiger partial charge in [0.05, 0.1) is 10.4 Å². The number of benzene rings is 1. The Balaban J connectivity index is 3.28. The number of alkyl halides is 1. The number of rotatable bonds is 2. The van der Waals surface area contributed by atoms with Crippen LogP contribution in [-0.4, -0.2) is 11.1 Å². The van der Waals surface area contributed by atoms with Gasteiger partial charge in [0.1, 0.15) is 0 Å². The summed E-state index contributed by atoms with van der Waals surface area (Å²) in [5, 5.41) is 0.884. The van der Waals surface area contributed by atoms with Crippen molar-refractivity contribution >= 4 is 49.2 Å². The van der Waals surface area contributed by atoms with Gasteiger partial charge in [-0.15, -0.1) is 0 Å². The third kappa shape index (κ3) is 2.55. The fourth-order valence-electron chi connectivity index (χ4n) is 0.999. The molecule has 0 atom stereocenters. The Morgan fingerprint density at radius 1 is 1.54 bits per heavy atom. The number of aryl methyl sites for hydroxylation is 1. The van der Waals surface area contributed by atoms with Crippen LogP contribution in [0.2, 0.25) is 5.02 Å². The molecule has 0 aliphatic rings. The van der Waals surface area contributed by atoms with Crippen molar-refractivity contribution in [2.24, 2.45) is 0 Å². The second-order valence-corrected chi connectivity index (χ2v) is 4.43. The van der Waals surface area contributed by atoms with Crippen molar-refractivity contribution in [3.05, 3.63) is 32.8 Å². The molecule has 1 rings (SSSR count). The van der Waals surface area contributed by atoms with Gasteiger partial charge in [-0.25, -0.2) is 0 Å². The molecule has 0 saturated carbocycles. The summed E-state index contributed by atoms with van der Waals surface area (Å²) in [5.41, 5.74) is 1.61. The molecule has 0 aliphatic carbocycles. The molecule has 0 spiro atoms. The van der Waals surface area contributed by atoms with Gasteiger partial charge in [0.2, 0.25) is 0 Å². The first-order valence-corrected chi connectivity index (χ1v) is 5.90. The van der Waals surface area contributed by atoms with Crippen LogP contribution < -0.4 is 0 Å². The first kappa shape index (κ1) is 11.2. The monoisotopic (exact) mass is 324 g/mol. The Bertz CT molecular complexity index is 350. The highest BCUT2D eigenvalue weighted by Gasteiger charge is 2.11. The Kier molecular flexibility index (Phi) is 3.95. The zero-order chi connectivity index (χ0) is 10.0. The van der Waals surface area contributed by atoms with Crippen LogP contribution in [0.15, 0.2) is 16.6 Å². The maximum atomic E-state index is 11.4. The van der Waals surface area contributed by atoms with E-state index in [1.54, 1.807) is 0 Å². The maximum Gasteiger partial charge on any atom is 0.174 e. The Morgan fingerprint density at radius 2 is 2.15 bits per heavy atom. The zero-order valence-corrected chi connectivity index (χ0v) is 10.8. The van der Waals surface area contributed by atoms with Crippen LogP contribution in [-0.2, 0) is 0 Å². The molecule has 70 valence electrons. The molecule has 0 amide bonds. The lowest BCUT2D eigenvalue weighted by atomic mass is 10.1. The molecule has 0 radical (unpaired) electrons. The lowest BCUT2D eigenvalue weighted by molar-refractivity contribution is 0.102. The Morgan fingerprint density at radius 3 is 2.69 bits per heavy atom. The summed E-state index contributed by atoms with van der Waals surface area (Å²) in [5.74, 6) is 0.0254. The average molecular weight is 326 g/mol. The Hall–Kier alpha value is 0.140. The van der Waals surface area contributed by atoms with Crippen molar-refractivity contribution in [3.63, 3.8) is 0 Å². The lowest BCUT2D eigenvalue weighted by Gasteiger charge is -2.04. The maximum absolute atomic E-state index is 11.4. The molecule has 0 unspecified atom stereocenters. The van der Waals surface area contributed by atoms with E-state index in [1.165, 1.54) is 0 Å². The number of hydrogen-bond donors (Lipinski definition) is 0. The van der Waals surface area contributed by atoms with Crippen molar-refractivity contribution < 1.29 is 4.79 Å². The molecule has 0 saturated heterocycles. The Labute approximate surface area is 98.7 Å². The summed E-state index contributed by atoms with van der Waals surface area (Å²) in [6, 6.07) is 3.64. The zero-order valence-electron chi connectivity index (χ0n) is 6.90. The molecule has 0 fully saturated rings. The number of Topliss-reactive ketones (excluding diaryl/α,β-unsaturated/α-hetero) is 1. The summed E-state index contributed by atoms with van der Waals surface area (Å²) in [4.78, 5) is 11.4. The topological polar surface area (TPSA) is 17.1 Å². The number of carbonyl (C=O) groups excluding carboxylic acids is 1. The first-order valence-electron chi connectivity index (χ1n) is 3.61. The van der Waals surface area contributed by atoms with Gasteiger partial charge in [0, 0.05) is 10.0 Å². The molecule has 0 aliphatic heterocycles. The lowest BCUT2D eigenvalue weighted by Crippen LogP contribution is -2.01. The minimum atomic E-state index is 0.0254. The number of hydrogen-bond acceptors (Lipinski definition) is 1. The second kappa shape index (κ2) is 4.58. The van der Waals surface area contributed by atoms with Gasteiger partial charge < -0.3 is 0 Å². The molecule has 0 heterocycles. The molecule has 1 aromatic rings. The summed E-state index contributed by atoms with van der Waals surface area (Å²) in [6.45, 7) is 1.91. The van der Waals surface area contributed by atoms with Crippen LogP contribution in [0.5, 0.6) is 0 Å². The molecule has 4 heteroatoms. The summed E-state index contributed by atoms with van der Waals surface area (Å²) < 4.78 is 0.671. The summed E-state index contributed by atoms with van der Waals surface area (Å²) in [6.07, 6.45) is 0. The quantitative estimate of drug-likeness (QED) is 0.593. The van der Waals surface area contributed by atoms with Gasteiger partial charge in [0.15, 0.2) is 5.78 Å². The normalized spacial score (nSPS) is 10.2. The van der Waals surface area contributed by atoms with Crippen molar-refractivity contribution in [3.8, 4) is 0 Å². The highest BCUT2D eigenvalue weighted by atomic mass is 79.9. The average Bonchev–Trinajstić information content (AvgIpc) is 2.10. The van der Waals surface area contributed by atoms with Crippen LogP contribution in [0.1, 0.15) is 15.9 Å². The van der Waals surface area contributed by atoms with E-state index in [9.17, 15) is 4.79 Å². The van der Waals surface area contributed by atoms with E-state index in [0.29, 0.717) is 20.4 Å². The number of carbonyl (C=O) groups is 1. The largest absolute Gasteiger partial charge is 0.293 e. The number of ketones is 1. The van der Waals surface area contributed by atoms with Crippen molar-refractivity contribution in [2.45, 2.75) is 6.92 Å². The predicted octanol–water partition coefficient (Wildman–Crippen LogP) is 3.99. The third-order valence-electron chi connectivity index (χ3n) is 1.59. The molecule has 1 nitrogen and oxygen atoms in total. The fraction of sp³-hybridized carbons (Fsp3) is 0.222. The van der Waals surface area contributed by atoms with Crippen molar-refractivity contribution in [2.75, 3.05) is 5.33 Å². The van der Waals surface area contributed by atoms with E-state index >= 15 is 0 Å². The predicted molar refractivity (Wildman–Crippen MR) is 62.0 cm³/mol. The van der Waals surface area contributed by atoms with Crippen LogP contribution >= 0.6 is 43.5 Å². The minimum absolute atomic E-state index is 0.0254. The van der Waals surface area contributed by atoms with Crippen LogP contribution in [0, 0.1) is 6.92 Å². The van der Waals surface area contributed by atoms with Crippen LogP contribution in [0.3, 0.4) is 0 Å². The molecule has 0 N–H and O–H groups in total. The van der Waals surface area contributed by atoms with E-state index in [-0.39, 0.29) is 5.78 Å². The van der Waals surface area contributed by atoms with Crippen molar-refractivity contribution in [1.29, 1.82) is 0 Å². The van der Waals surface area contributed by atoms with E-state index in [0.717, 1.165) is 5.56 Å². The fourth-order valence-corrected chi connectivity index (χ4v) is 2.03. The molecular weight excluding hydrogens is 319 g/mol. The molecule has 0 aromatic heterocycles. The van der Waals surface area contributed by atoms with Gasteiger partial charge >= 0.3 is 0 Å². The van der Waals surface area contributed by atoms with E-state index in [2.05, 4.69) is 31.9 Å². The standard InChI is InChI=1S/C9H7Br2ClO/c1-5-2-6(8(13)4-10)9(11)7(12)3-5/h2-3H,4H2,1H3.